The molecular weight excluding hydrogens is 464 g/mol. The van der Waals surface area contributed by atoms with Crippen molar-refractivity contribution in [2.45, 2.75) is 63.1 Å². The van der Waals surface area contributed by atoms with Gasteiger partial charge in [0.2, 0.25) is 5.91 Å². The molecule has 188 valence electrons. The number of para-hydroxylation sites is 1. The highest BCUT2D eigenvalue weighted by Gasteiger charge is 2.35. The predicted octanol–water partition coefficient (Wildman–Crippen LogP) is 3.99. The minimum Gasteiger partial charge on any atom is -0.465 e. The van der Waals surface area contributed by atoms with Crippen LogP contribution in [0.25, 0.3) is 0 Å². The van der Waals surface area contributed by atoms with Crippen LogP contribution in [0, 0.1) is 0 Å². The number of carbonyl (C=O) groups excluding carboxylic acids is 3. The van der Waals surface area contributed by atoms with Crippen molar-refractivity contribution in [3.8, 4) is 0 Å². The van der Waals surface area contributed by atoms with Crippen LogP contribution in [0.3, 0.4) is 0 Å². The van der Waals surface area contributed by atoms with Crippen LogP contribution in [0.15, 0.2) is 59.5 Å². The van der Waals surface area contributed by atoms with Crippen molar-refractivity contribution >= 4 is 35.3 Å². The summed E-state index contributed by atoms with van der Waals surface area (Å²) in [6.45, 7) is 7.18. The quantitative estimate of drug-likeness (QED) is 0.523. The largest absolute Gasteiger partial charge is 0.465 e. The maximum absolute atomic E-state index is 13.7. The first-order chi connectivity index (χ1) is 16.7. The van der Waals surface area contributed by atoms with Crippen molar-refractivity contribution in [1.82, 2.24) is 5.32 Å². The average molecular weight is 499 g/mol. The van der Waals surface area contributed by atoms with Crippen LogP contribution < -0.4 is 10.2 Å². The highest BCUT2D eigenvalue weighted by Crippen LogP contribution is 2.34. The SMILES string of the molecule is CCOC(=O)[C@H](CCc1ccccc1)N[C@H]1CSc2ccccc2N(CC(=O)OC(C)(C)C)C1=O. The number of nitrogens with zero attached hydrogens (tertiary/aromatic N) is 1. The molecule has 0 saturated carbocycles. The van der Waals surface area contributed by atoms with Gasteiger partial charge in [-0.1, -0.05) is 42.5 Å². The number of benzene rings is 2. The number of rotatable bonds is 9. The molecule has 0 aliphatic carbocycles. The number of aryl methyl sites for hydroxylation is 1. The van der Waals surface area contributed by atoms with E-state index in [2.05, 4.69) is 5.32 Å². The summed E-state index contributed by atoms with van der Waals surface area (Å²) >= 11 is 1.52. The van der Waals surface area contributed by atoms with E-state index < -0.39 is 23.7 Å². The molecule has 2 aromatic carbocycles. The molecule has 0 radical (unpaired) electrons. The van der Waals surface area contributed by atoms with Crippen LogP contribution in [0.4, 0.5) is 5.69 Å². The Labute approximate surface area is 211 Å². The Morgan fingerprint density at radius 2 is 1.80 bits per heavy atom. The Kier molecular flexibility index (Phi) is 9.34. The monoisotopic (exact) mass is 498 g/mol. The summed E-state index contributed by atoms with van der Waals surface area (Å²) in [6.07, 6.45) is 1.14. The van der Waals surface area contributed by atoms with Crippen LogP contribution >= 0.6 is 11.8 Å². The summed E-state index contributed by atoms with van der Waals surface area (Å²) < 4.78 is 10.8. The van der Waals surface area contributed by atoms with Gasteiger partial charge in [0, 0.05) is 10.6 Å². The molecule has 0 aromatic heterocycles. The minimum atomic E-state index is -0.681. The molecule has 0 bridgehead atoms. The Bertz CT molecular complexity index is 1020. The third kappa shape index (κ3) is 7.83. The lowest BCUT2D eigenvalue weighted by atomic mass is 10.0. The van der Waals surface area contributed by atoms with Gasteiger partial charge in [-0.2, -0.15) is 0 Å². The fourth-order valence-electron chi connectivity index (χ4n) is 3.85. The molecule has 1 aliphatic heterocycles. The van der Waals surface area contributed by atoms with E-state index in [1.807, 2.05) is 54.6 Å². The molecule has 1 N–H and O–H groups in total. The molecule has 1 amide bonds. The number of amides is 1. The van der Waals surface area contributed by atoms with Crippen molar-refractivity contribution in [3.05, 3.63) is 60.2 Å². The van der Waals surface area contributed by atoms with E-state index in [0.717, 1.165) is 10.5 Å². The molecule has 7 nitrogen and oxygen atoms in total. The van der Waals surface area contributed by atoms with Gasteiger partial charge in [0.05, 0.1) is 18.3 Å². The van der Waals surface area contributed by atoms with E-state index in [1.54, 1.807) is 27.7 Å². The zero-order valence-electron chi connectivity index (χ0n) is 20.8. The molecule has 0 saturated heterocycles. The van der Waals surface area contributed by atoms with Gasteiger partial charge in [0.25, 0.3) is 0 Å². The van der Waals surface area contributed by atoms with Crippen LogP contribution in [-0.4, -0.2) is 54.4 Å². The van der Waals surface area contributed by atoms with E-state index in [9.17, 15) is 14.4 Å². The van der Waals surface area contributed by atoms with Gasteiger partial charge in [-0.3, -0.25) is 24.6 Å². The van der Waals surface area contributed by atoms with Crippen molar-refractivity contribution in [3.63, 3.8) is 0 Å². The zero-order valence-corrected chi connectivity index (χ0v) is 21.6. The molecule has 0 unspecified atom stereocenters. The fraction of sp³-hybridized carbons (Fsp3) is 0.444. The number of hydrogen-bond donors (Lipinski definition) is 1. The first-order valence-electron chi connectivity index (χ1n) is 11.9. The molecule has 35 heavy (non-hydrogen) atoms. The van der Waals surface area contributed by atoms with Gasteiger partial charge in [-0.25, -0.2) is 0 Å². The first kappa shape index (κ1) is 26.8. The number of esters is 2. The number of thioether (sulfide) groups is 1. The maximum Gasteiger partial charge on any atom is 0.326 e. The average Bonchev–Trinajstić information content (AvgIpc) is 2.93. The van der Waals surface area contributed by atoms with Crippen LogP contribution in [0.1, 0.15) is 39.7 Å². The van der Waals surface area contributed by atoms with Crippen molar-refractivity contribution in [2.24, 2.45) is 0 Å². The molecule has 2 atom stereocenters. The van der Waals surface area contributed by atoms with Gasteiger partial charge < -0.3 is 9.47 Å². The van der Waals surface area contributed by atoms with Gasteiger partial charge in [0.1, 0.15) is 18.2 Å². The summed E-state index contributed by atoms with van der Waals surface area (Å²) in [5.41, 5.74) is 1.10. The summed E-state index contributed by atoms with van der Waals surface area (Å²) in [5, 5.41) is 3.25. The number of nitrogens with one attached hydrogen (secondary N) is 1. The van der Waals surface area contributed by atoms with Gasteiger partial charge in [-0.15, -0.1) is 11.8 Å². The Hall–Kier alpha value is -2.84. The van der Waals surface area contributed by atoms with E-state index in [1.165, 1.54) is 16.7 Å². The lowest BCUT2D eigenvalue weighted by Gasteiger charge is -2.28. The zero-order chi connectivity index (χ0) is 25.4. The molecule has 8 heteroatoms. The molecular formula is C27H34N2O5S. The lowest BCUT2D eigenvalue weighted by molar-refractivity contribution is -0.154. The first-order valence-corrected chi connectivity index (χ1v) is 12.9. The van der Waals surface area contributed by atoms with Crippen LogP contribution in [0.5, 0.6) is 0 Å². The Morgan fingerprint density at radius 3 is 2.49 bits per heavy atom. The topological polar surface area (TPSA) is 84.9 Å². The second-order valence-corrected chi connectivity index (χ2v) is 10.4. The highest BCUT2D eigenvalue weighted by molar-refractivity contribution is 7.99. The van der Waals surface area contributed by atoms with Gasteiger partial charge in [-0.05, 0) is 58.2 Å². The van der Waals surface area contributed by atoms with Crippen molar-refractivity contribution in [2.75, 3.05) is 23.8 Å². The normalized spacial score (nSPS) is 16.7. The number of carbonyl (C=O) groups is 3. The molecule has 0 fully saturated rings. The molecule has 0 spiro atoms. The van der Waals surface area contributed by atoms with Crippen molar-refractivity contribution in [1.29, 1.82) is 0 Å². The number of hydrogen-bond acceptors (Lipinski definition) is 7. The highest BCUT2D eigenvalue weighted by atomic mass is 32.2. The lowest BCUT2D eigenvalue weighted by Crippen LogP contribution is -2.54. The third-order valence-electron chi connectivity index (χ3n) is 5.37. The number of anilines is 1. The molecule has 3 rings (SSSR count). The molecule has 2 aromatic rings. The summed E-state index contributed by atoms with van der Waals surface area (Å²) in [6, 6.07) is 16.0. The maximum atomic E-state index is 13.7. The second-order valence-electron chi connectivity index (χ2n) is 9.34. The van der Waals surface area contributed by atoms with Crippen molar-refractivity contribution < 1.29 is 23.9 Å². The van der Waals surface area contributed by atoms with E-state index in [4.69, 9.17) is 9.47 Å². The van der Waals surface area contributed by atoms with Gasteiger partial charge in [0.15, 0.2) is 0 Å². The second kappa shape index (κ2) is 12.2. The summed E-state index contributed by atoms with van der Waals surface area (Å²) in [5.74, 6) is -0.733. The number of ether oxygens (including phenoxy) is 2. The predicted molar refractivity (Wildman–Crippen MR) is 137 cm³/mol. The van der Waals surface area contributed by atoms with Crippen LogP contribution in [0.2, 0.25) is 0 Å². The minimum absolute atomic E-state index is 0.208. The smallest absolute Gasteiger partial charge is 0.326 e. The standard InChI is InChI=1S/C27H34N2O5S/c1-5-33-26(32)20(16-15-19-11-7-6-8-12-19)28-21-18-35-23-14-10-9-13-22(23)29(25(21)31)17-24(30)34-27(2,3)4/h6-14,20-21,28H,5,15-18H2,1-4H3/t20-,21-/m0/s1. The fourth-order valence-corrected chi connectivity index (χ4v) is 4.94. The molecule has 1 heterocycles. The molecule has 1 aliphatic rings. The third-order valence-corrected chi connectivity index (χ3v) is 6.53. The van der Waals surface area contributed by atoms with E-state index in [-0.39, 0.29) is 25.0 Å². The summed E-state index contributed by atoms with van der Waals surface area (Å²) in [7, 11) is 0. The summed E-state index contributed by atoms with van der Waals surface area (Å²) in [4.78, 5) is 41.5. The number of fused-ring (bicyclic) bond motifs is 1. The van der Waals surface area contributed by atoms with Crippen LogP contribution in [-0.2, 0) is 30.3 Å². The Morgan fingerprint density at radius 1 is 1.11 bits per heavy atom. The Balaban J connectivity index is 1.81. The van der Waals surface area contributed by atoms with E-state index in [0.29, 0.717) is 24.3 Å². The van der Waals surface area contributed by atoms with Gasteiger partial charge >= 0.3 is 11.9 Å². The van der Waals surface area contributed by atoms with E-state index >= 15 is 0 Å².